The SMILES string of the molecule is CC(C)OC(=O)c1cc(-n2c(=O)cc(C(F)(F)F)n(C)c2=O)ccc1Cl.CCNc1nc(Cl)nc(NC(C)C)n1.CCc1cccc(C)c1N(C(=O)CCl)C(C)COC.C[S+](C)C.O=C(O)CNCP(=O)([O-])O. The Kier molecular flexibility index (Phi) is 31.0. The summed E-state index contributed by atoms with van der Waals surface area (Å²) in [5, 5.41) is 16.2. The van der Waals surface area contributed by atoms with Crippen molar-refractivity contribution in [2.24, 2.45) is 7.05 Å². The fraction of sp³-hybridized carbons (Fsp3) is 0.511. The number of aryl methyl sites for hydroxylation is 2. The summed E-state index contributed by atoms with van der Waals surface area (Å²) in [6.45, 7) is 16.0. The average Bonchev–Trinajstić information content (AvgIpc) is 3.25. The van der Waals surface area contributed by atoms with Crippen LogP contribution in [0.4, 0.5) is 30.8 Å². The van der Waals surface area contributed by atoms with Crippen molar-refractivity contribution in [3.63, 3.8) is 0 Å². The van der Waals surface area contributed by atoms with Gasteiger partial charge in [0.2, 0.25) is 23.1 Å². The Balaban J connectivity index is 0.000000972. The van der Waals surface area contributed by atoms with E-state index in [1.165, 1.54) is 12.1 Å². The number of aromatic nitrogens is 5. The number of nitrogens with zero attached hydrogens (tertiary/aromatic N) is 6. The molecule has 2 heterocycles. The zero-order valence-electron chi connectivity index (χ0n) is 42.9. The smallest absolute Gasteiger partial charge is 0.431 e. The Morgan fingerprint density at radius 3 is 2.05 bits per heavy atom. The summed E-state index contributed by atoms with van der Waals surface area (Å²) in [5.74, 6) is -1.08. The van der Waals surface area contributed by atoms with Gasteiger partial charge in [0.25, 0.3) is 5.56 Å². The molecule has 0 aliphatic heterocycles. The van der Waals surface area contributed by atoms with E-state index in [1.807, 2.05) is 52.1 Å². The van der Waals surface area contributed by atoms with Gasteiger partial charge in [0.1, 0.15) is 19.2 Å². The molecule has 0 fully saturated rings. The Labute approximate surface area is 440 Å². The second-order valence-corrected chi connectivity index (χ2v) is 21.3. The second-order valence-electron chi connectivity index (χ2n) is 16.2. The van der Waals surface area contributed by atoms with E-state index in [1.54, 1.807) is 25.9 Å². The van der Waals surface area contributed by atoms with Gasteiger partial charge in [-0.1, -0.05) is 36.7 Å². The number of anilines is 3. The number of amides is 1. The van der Waals surface area contributed by atoms with Gasteiger partial charge in [0.15, 0.2) is 0 Å². The average molecular weight is 1140 g/mol. The van der Waals surface area contributed by atoms with Gasteiger partial charge in [-0.15, -0.1) is 11.6 Å². The first-order valence-electron chi connectivity index (χ1n) is 22.0. The standard InChI is InChI=1S/C16H14ClF3N2O4.C15H22ClNO2.C8H14ClN5.C3H8NO5P.C3H9S/c1-8(2)26-14(24)10-6-9(4-5-11(10)17)22-13(23)7-12(16(18,19)20)21(3)15(22)25;1-5-13-8-6-7-11(2)15(13)17(14(18)9-16)12(3)10-19-4;1-4-10-7-12-6(9)13-8(14-7)11-5(2)3;5-3(6)1-4-2-10(7,8)9;1-4(2)3/h4-8H,1-3H3;6-8,12H,5,9-10H2,1-4H3;5H,4H2,1-3H3,(H2,10,11,12,13,14);4H,1-2H2,(H,5,6)(H2,7,8,9);1-3H3/q;;;;+1/p-1. The maximum Gasteiger partial charge on any atom is 0.431 e. The van der Waals surface area contributed by atoms with Crippen molar-refractivity contribution in [3.8, 4) is 5.69 Å². The van der Waals surface area contributed by atoms with Crippen molar-refractivity contribution in [1.29, 1.82) is 0 Å². The molecule has 0 saturated carbocycles. The van der Waals surface area contributed by atoms with Crippen LogP contribution in [0.1, 0.15) is 75.6 Å². The minimum absolute atomic E-state index is 0.0104. The molecule has 0 radical (unpaired) electrons. The molecule has 2 aromatic carbocycles. The minimum atomic E-state index is -4.86. The van der Waals surface area contributed by atoms with Crippen LogP contribution >= 0.6 is 42.4 Å². The Morgan fingerprint density at radius 2 is 1.58 bits per heavy atom. The van der Waals surface area contributed by atoms with Crippen molar-refractivity contribution in [3.05, 3.63) is 96.0 Å². The quantitative estimate of drug-likeness (QED) is 0.0332. The van der Waals surface area contributed by atoms with Gasteiger partial charge in [-0.25, -0.2) is 14.2 Å². The number of carbonyl (C=O) groups is 3. The van der Waals surface area contributed by atoms with Gasteiger partial charge in [-0.3, -0.25) is 24.3 Å². The first kappa shape index (κ1) is 68.2. The normalized spacial score (nSPS) is 12.1. The second kappa shape index (κ2) is 33.2. The molecular weight excluding hydrogens is 1070 g/mol. The summed E-state index contributed by atoms with van der Waals surface area (Å²) >= 11 is 17.4. The number of nitrogens with one attached hydrogen (secondary N) is 3. The van der Waals surface area contributed by atoms with E-state index in [0.717, 1.165) is 42.9 Å². The zero-order valence-corrected chi connectivity index (χ0v) is 46.9. The van der Waals surface area contributed by atoms with Crippen LogP contribution in [0.5, 0.6) is 0 Å². The number of hydrogen-bond donors (Lipinski definition) is 5. The third kappa shape index (κ3) is 25.8. The van der Waals surface area contributed by atoms with Gasteiger partial charge < -0.3 is 44.5 Å². The first-order valence-corrected chi connectivity index (χ1v) is 27.5. The molecule has 28 heteroatoms. The zero-order chi connectivity index (χ0) is 56.6. The Bertz CT molecular complexity index is 2570. The molecule has 0 saturated heterocycles. The number of hydrogen-bond acceptors (Lipinski definition) is 15. The summed E-state index contributed by atoms with van der Waals surface area (Å²) in [6, 6.07) is 10.2. The van der Waals surface area contributed by atoms with E-state index in [4.69, 9.17) is 54.3 Å². The molecule has 4 aromatic rings. The van der Waals surface area contributed by atoms with Crippen LogP contribution in [0.15, 0.2) is 52.1 Å². The largest absolute Gasteiger partial charge is 0.778 e. The summed E-state index contributed by atoms with van der Waals surface area (Å²) in [7, 11) is -1.18. The maximum absolute atomic E-state index is 12.9. The van der Waals surface area contributed by atoms with E-state index in [-0.39, 0.29) is 45.4 Å². The molecule has 0 aliphatic carbocycles. The fourth-order valence-electron chi connectivity index (χ4n) is 5.76. The highest BCUT2D eigenvalue weighted by Gasteiger charge is 2.35. The third-order valence-electron chi connectivity index (χ3n) is 8.50. The molecule has 5 N–H and O–H groups in total. The number of methoxy groups -OCH3 is 1. The molecule has 0 bridgehead atoms. The van der Waals surface area contributed by atoms with Gasteiger partial charge >= 0.3 is 23.8 Å². The number of aliphatic carboxylic acids is 1. The predicted octanol–water partition coefficient (Wildman–Crippen LogP) is 6.37. The number of ether oxygens (including phenoxy) is 2. The Hall–Kier alpha value is -4.78. The number of esters is 1. The number of halogens is 6. The summed E-state index contributed by atoms with van der Waals surface area (Å²) in [4.78, 5) is 90.2. The van der Waals surface area contributed by atoms with Crippen molar-refractivity contribution in [2.75, 3.05) is 73.3 Å². The lowest BCUT2D eigenvalue weighted by Crippen LogP contribution is -2.43. The van der Waals surface area contributed by atoms with Crippen molar-refractivity contribution < 1.29 is 56.5 Å². The first-order chi connectivity index (χ1) is 33.8. The minimum Gasteiger partial charge on any atom is -0.778 e. The van der Waals surface area contributed by atoms with E-state index < -0.39 is 61.6 Å². The van der Waals surface area contributed by atoms with Crippen LogP contribution in [0.2, 0.25) is 10.3 Å². The molecule has 2 atom stereocenters. The van der Waals surface area contributed by atoms with E-state index in [9.17, 15) is 46.6 Å². The van der Waals surface area contributed by atoms with Crippen molar-refractivity contribution >= 4 is 88.7 Å². The highest BCUT2D eigenvalue weighted by atomic mass is 35.5. The van der Waals surface area contributed by atoms with Crippen molar-refractivity contribution in [1.82, 2.24) is 29.4 Å². The van der Waals surface area contributed by atoms with Gasteiger partial charge in [0.05, 0.1) is 72.3 Å². The number of benzene rings is 2. The molecule has 0 aliphatic rings. The predicted molar refractivity (Wildman–Crippen MR) is 281 cm³/mol. The lowest BCUT2D eigenvalue weighted by atomic mass is 10.0. The molecule has 4 rings (SSSR count). The Morgan fingerprint density at radius 1 is 0.986 bits per heavy atom. The topological polar surface area (TPSA) is 272 Å². The molecule has 2 aromatic heterocycles. The highest BCUT2D eigenvalue weighted by molar-refractivity contribution is 7.94. The lowest BCUT2D eigenvalue weighted by Gasteiger charge is -2.31. The van der Waals surface area contributed by atoms with Crippen LogP contribution < -0.4 is 37.0 Å². The monoisotopic (exact) mass is 1130 g/mol. The van der Waals surface area contributed by atoms with Gasteiger partial charge in [-0.05, 0) is 107 Å². The van der Waals surface area contributed by atoms with E-state index in [0.29, 0.717) is 44.6 Å². The van der Waals surface area contributed by atoms with Gasteiger partial charge in [0, 0.05) is 32.8 Å². The number of rotatable bonds is 17. The number of carboxylic acid groups (broad SMARTS) is 1. The summed E-state index contributed by atoms with van der Waals surface area (Å²) in [6.07, 6.45) is 1.45. The van der Waals surface area contributed by atoms with Crippen LogP contribution in [-0.4, -0.2) is 128 Å². The summed E-state index contributed by atoms with van der Waals surface area (Å²) in [5.41, 5.74) is -0.794. The number of carbonyl (C=O) groups excluding carboxylic acids is 2. The van der Waals surface area contributed by atoms with E-state index >= 15 is 0 Å². The third-order valence-corrected chi connectivity index (χ3v) is 9.86. The number of para-hydroxylation sites is 1. The van der Waals surface area contributed by atoms with Crippen LogP contribution in [0, 0.1) is 6.92 Å². The number of alkyl halides is 4. The molecular formula is C45H66Cl3F3N9O11PS. The summed E-state index contributed by atoms with van der Waals surface area (Å²) < 4.78 is 59.7. The maximum atomic E-state index is 12.9. The fourth-order valence-corrected chi connectivity index (χ4v) is 6.63. The van der Waals surface area contributed by atoms with Gasteiger partial charge in [-0.2, -0.15) is 28.1 Å². The van der Waals surface area contributed by atoms with E-state index in [2.05, 4.69) is 57.3 Å². The lowest BCUT2D eigenvalue weighted by molar-refractivity contribution is -0.193. The molecule has 2 unspecified atom stereocenters. The molecule has 20 nitrogen and oxygen atoms in total. The van der Waals surface area contributed by atoms with Crippen molar-refractivity contribution in [2.45, 2.75) is 86.2 Å². The molecule has 73 heavy (non-hydrogen) atoms. The van der Waals surface area contributed by atoms with Crippen LogP contribution in [0.3, 0.4) is 0 Å². The molecule has 0 spiro atoms. The van der Waals surface area contributed by atoms with Crippen LogP contribution in [-0.2, 0) is 54.2 Å². The molecule has 410 valence electrons. The van der Waals surface area contributed by atoms with Crippen LogP contribution in [0.25, 0.3) is 5.69 Å². The number of carboxylic acids is 1. The molecule has 1 amide bonds. The highest BCUT2D eigenvalue weighted by Crippen LogP contribution is 2.29.